The number of carbonyl (C=O) groups excluding carboxylic acids is 1. The summed E-state index contributed by atoms with van der Waals surface area (Å²) >= 11 is 1.50. The Balaban J connectivity index is 1.43. The summed E-state index contributed by atoms with van der Waals surface area (Å²) in [5.41, 5.74) is 3.58. The summed E-state index contributed by atoms with van der Waals surface area (Å²) in [6.07, 6.45) is 4.09. The van der Waals surface area contributed by atoms with Crippen molar-refractivity contribution in [1.82, 2.24) is 14.5 Å². The number of aromatic nitrogens is 3. The number of fused-ring (bicyclic) bond motifs is 1. The van der Waals surface area contributed by atoms with Gasteiger partial charge in [0.2, 0.25) is 5.91 Å². The molecule has 5 nitrogen and oxygen atoms in total. The highest BCUT2D eigenvalue weighted by molar-refractivity contribution is 7.13. The Kier molecular flexibility index (Phi) is 5.21. The van der Waals surface area contributed by atoms with Gasteiger partial charge in [-0.25, -0.2) is 4.98 Å². The van der Waals surface area contributed by atoms with Crippen LogP contribution in [-0.4, -0.2) is 20.4 Å². The highest BCUT2D eigenvalue weighted by atomic mass is 32.1. The molecule has 3 heterocycles. The Labute approximate surface area is 168 Å². The number of carbonyl (C=O) groups is 1. The van der Waals surface area contributed by atoms with Crippen molar-refractivity contribution < 1.29 is 4.79 Å². The maximum absolute atomic E-state index is 12.4. The standard InChI is InChI=1S/C22H22N4OS/c1-15(2)13-26-10-8-16-11-17(6-7-20(16)26)24-21(27)12-18-14-28-22(25-18)19-5-3-4-9-23-19/h3-11,14-15H,12-13H2,1-2H3,(H,24,27). The smallest absolute Gasteiger partial charge is 0.230 e. The van der Waals surface area contributed by atoms with Crippen molar-refractivity contribution in [2.75, 3.05) is 5.32 Å². The second kappa shape index (κ2) is 7.94. The van der Waals surface area contributed by atoms with Crippen LogP contribution in [0.3, 0.4) is 0 Å². The highest BCUT2D eigenvalue weighted by Gasteiger charge is 2.11. The van der Waals surface area contributed by atoms with Crippen LogP contribution < -0.4 is 5.32 Å². The Morgan fingerprint density at radius 2 is 2.11 bits per heavy atom. The van der Waals surface area contributed by atoms with E-state index in [1.165, 1.54) is 16.9 Å². The van der Waals surface area contributed by atoms with Gasteiger partial charge >= 0.3 is 0 Å². The van der Waals surface area contributed by atoms with Crippen molar-refractivity contribution in [3.05, 3.63) is 65.9 Å². The first-order valence-corrected chi connectivity index (χ1v) is 10.2. The van der Waals surface area contributed by atoms with Crippen molar-refractivity contribution >= 4 is 33.8 Å². The summed E-state index contributed by atoms with van der Waals surface area (Å²) < 4.78 is 2.25. The molecule has 28 heavy (non-hydrogen) atoms. The van der Waals surface area contributed by atoms with E-state index in [0.717, 1.165) is 34.0 Å². The monoisotopic (exact) mass is 390 g/mol. The lowest BCUT2D eigenvalue weighted by atomic mass is 10.2. The molecular weight excluding hydrogens is 368 g/mol. The number of pyridine rings is 1. The van der Waals surface area contributed by atoms with E-state index in [-0.39, 0.29) is 12.3 Å². The van der Waals surface area contributed by atoms with E-state index in [2.05, 4.69) is 52.0 Å². The average Bonchev–Trinajstić information content (AvgIpc) is 3.29. The van der Waals surface area contributed by atoms with Crippen LogP contribution in [0, 0.1) is 5.92 Å². The van der Waals surface area contributed by atoms with Gasteiger partial charge in [0, 0.05) is 40.9 Å². The van der Waals surface area contributed by atoms with E-state index in [9.17, 15) is 4.79 Å². The molecule has 0 fully saturated rings. The first-order valence-electron chi connectivity index (χ1n) is 9.33. The number of benzene rings is 1. The van der Waals surface area contributed by atoms with Gasteiger partial charge in [-0.3, -0.25) is 9.78 Å². The lowest BCUT2D eigenvalue weighted by molar-refractivity contribution is -0.115. The Morgan fingerprint density at radius 1 is 1.21 bits per heavy atom. The molecule has 0 aliphatic carbocycles. The Bertz CT molecular complexity index is 1100. The number of hydrogen-bond donors (Lipinski definition) is 1. The zero-order valence-corrected chi connectivity index (χ0v) is 16.7. The largest absolute Gasteiger partial charge is 0.347 e. The molecule has 3 aromatic heterocycles. The topological polar surface area (TPSA) is 59.8 Å². The fraction of sp³-hybridized carbons (Fsp3) is 0.227. The number of anilines is 1. The summed E-state index contributed by atoms with van der Waals surface area (Å²) in [6, 6.07) is 13.9. The third-order valence-corrected chi connectivity index (χ3v) is 5.31. The van der Waals surface area contributed by atoms with Gasteiger partial charge in [-0.1, -0.05) is 19.9 Å². The van der Waals surface area contributed by atoms with Gasteiger partial charge in [-0.15, -0.1) is 11.3 Å². The Morgan fingerprint density at radius 3 is 2.89 bits per heavy atom. The molecule has 0 saturated carbocycles. The van der Waals surface area contributed by atoms with E-state index in [1.54, 1.807) is 6.20 Å². The van der Waals surface area contributed by atoms with Crippen LogP contribution in [0.1, 0.15) is 19.5 Å². The van der Waals surface area contributed by atoms with Crippen molar-refractivity contribution in [2.24, 2.45) is 5.92 Å². The van der Waals surface area contributed by atoms with Crippen LogP contribution in [-0.2, 0) is 17.8 Å². The molecule has 0 radical (unpaired) electrons. The number of amides is 1. The third-order valence-electron chi connectivity index (χ3n) is 4.39. The molecule has 4 rings (SSSR count). The van der Waals surface area contributed by atoms with Crippen molar-refractivity contribution in [3.8, 4) is 10.7 Å². The lowest BCUT2D eigenvalue weighted by Crippen LogP contribution is -2.14. The van der Waals surface area contributed by atoms with Crippen LogP contribution in [0.2, 0.25) is 0 Å². The molecule has 0 atom stereocenters. The molecular formula is C22H22N4OS. The van der Waals surface area contributed by atoms with E-state index < -0.39 is 0 Å². The van der Waals surface area contributed by atoms with Crippen molar-refractivity contribution in [3.63, 3.8) is 0 Å². The van der Waals surface area contributed by atoms with E-state index in [4.69, 9.17) is 0 Å². The quantitative estimate of drug-likeness (QED) is 0.504. The maximum atomic E-state index is 12.4. The molecule has 1 aromatic carbocycles. The van der Waals surface area contributed by atoms with Gasteiger partial charge in [0.1, 0.15) is 5.01 Å². The fourth-order valence-corrected chi connectivity index (χ4v) is 3.99. The number of rotatable bonds is 6. The first kappa shape index (κ1) is 18.4. The van der Waals surface area contributed by atoms with Crippen LogP contribution in [0.4, 0.5) is 5.69 Å². The molecule has 0 bridgehead atoms. The minimum atomic E-state index is -0.0705. The van der Waals surface area contributed by atoms with Gasteiger partial charge in [0.25, 0.3) is 0 Å². The summed E-state index contributed by atoms with van der Waals surface area (Å²) in [5.74, 6) is 0.517. The third kappa shape index (κ3) is 4.12. The molecule has 0 spiro atoms. The van der Waals surface area contributed by atoms with E-state index in [0.29, 0.717) is 5.92 Å². The molecule has 0 saturated heterocycles. The molecule has 0 aliphatic heterocycles. The van der Waals surface area contributed by atoms with Gasteiger partial charge in [-0.2, -0.15) is 0 Å². The molecule has 6 heteroatoms. The first-order chi connectivity index (χ1) is 13.6. The Hall–Kier alpha value is -2.99. The summed E-state index contributed by atoms with van der Waals surface area (Å²) in [7, 11) is 0. The molecule has 142 valence electrons. The van der Waals surface area contributed by atoms with Gasteiger partial charge in [0.05, 0.1) is 17.8 Å². The summed E-state index contributed by atoms with van der Waals surface area (Å²) in [4.78, 5) is 21.3. The van der Waals surface area contributed by atoms with Crippen LogP contribution in [0.25, 0.3) is 21.6 Å². The van der Waals surface area contributed by atoms with Gasteiger partial charge in [-0.05, 0) is 42.3 Å². The van der Waals surface area contributed by atoms with Crippen LogP contribution >= 0.6 is 11.3 Å². The fourth-order valence-electron chi connectivity index (χ4n) is 3.20. The second-order valence-electron chi connectivity index (χ2n) is 7.22. The second-order valence-corrected chi connectivity index (χ2v) is 8.08. The lowest BCUT2D eigenvalue weighted by Gasteiger charge is -2.09. The normalized spacial score (nSPS) is 11.2. The van der Waals surface area contributed by atoms with Crippen LogP contribution in [0.5, 0.6) is 0 Å². The zero-order valence-electron chi connectivity index (χ0n) is 15.9. The summed E-state index contributed by atoms with van der Waals surface area (Å²) in [6.45, 7) is 5.40. The van der Waals surface area contributed by atoms with E-state index >= 15 is 0 Å². The highest BCUT2D eigenvalue weighted by Crippen LogP contribution is 2.23. The SMILES string of the molecule is CC(C)Cn1ccc2cc(NC(=O)Cc3csc(-c4ccccn4)n3)ccc21. The van der Waals surface area contributed by atoms with Gasteiger partial charge in [0.15, 0.2) is 0 Å². The molecule has 4 aromatic rings. The number of nitrogens with one attached hydrogen (secondary N) is 1. The van der Waals surface area contributed by atoms with Gasteiger partial charge < -0.3 is 9.88 Å². The number of nitrogens with zero attached hydrogens (tertiary/aromatic N) is 3. The molecule has 1 amide bonds. The number of hydrogen-bond acceptors (Lipinski definition) is 4. The summed E-state index contributed by atoms with van der Waals surface area (Å²) in [5, 5.41) is 6.86. The van der Waals surface area contributed by atoms with Crippen molar-refractivity contribution in [2.45, 2.75) is 26.8 Å². The molecule has 0 unspecified atom stereocenters. The number of thiazole rings is 1. The predicted octanol–water partition coefficient (Wildman–Crippen LogP) is 5.00. The molecule has 0 aliphatic rings. The molecule has 1 N–H and O–H groups in total. The van der Waals surface area contributed by atoms with E-state index in [1.807, 2.05) is 35.7 Å². The minimum Gasteiger partial charge on any atom is -0.347 e. The predicted molar refractivity (Wildman–Crippen MR) is 114 cm³/mol. The maximum Gasteiger partial charge on any atom is 0.230 e. The van der Waals surface area contributed by atoms with Crippen LogP contribution in [0.15, 0.2) is 60.2 Å². The van der Waals surface area contributed by atoms with Crippen molar-refractivity contribution in [1.29, 1.82) is 0 Å². The minimum absolute atomic E-state index is 0.0705. The zero-order chi connectivity index (χ0) is 19.5. The average molecular weight is 391 g/mol.